The summed E-state index contributed by atoms with van der Waals surface area (Å²) in [7, 11) is -3.45. The Morgan fingerprint density at radius 1 is 0.955 bits per heavy atom. The molecule has 2 aromatic carbocycles. The fraction of sp³-hybridized carbons (Fsp3) is 0.133. The second-order valence-electron chi connectivity index (χ2n) is 5.00. The summed E-state index contributed by atoms with van der Waals surface area (Å²) in [6.07, 6.45) is 0.444. The predicted octanol–water partition coefficient (Wildman–Crippen LogP) is 1.84. The minimum atomic E-state index is -3.45. The number of rotatable bonds is 5. The first kappa shape index (κ1) is 14.4. The van der Waals surface area contributed by atoms with Gasteiger partial charge in [-0.1, -0.05) is 30.3 Å². The van der Waals surface area contributed by atoms with Crippen molar-refractivity contribution in [3.63, 3.8) is 0 Å². The van der Waals surface area contributed by atoms with Gasteiger partial charge in [-0.05, 0) is 30.2 Å². The third-order valence-electron chi connectivity index (χ3n) is 3.29. The summed E-state index contributed by atoms with van der Waals surface area (Å²) in [5, 5.41) is 0. The molecule has 0 amide bonds. The number of hydrogen-bond acceptors (Lipinski definition) is 3. The number of aromatic amines is 2. The van der Waals surface area contributed by atoms with Crippen molar-refractivity contribution in [2.24, 2.45) is 0 Å². The molecule has 0 aliphatic rings. The highest BCUT2D eigenvalue weighted by molar-refractivity contribution is 7.92. The van der Waals surface area contributed by atoms with Crippen LogP contribution < -0.4 is 10.4 Å². The molecule has 1 aromatic heterocycles. The third-order valence-corrected chi connectivity index (χ3v) is 4.58. The van der Waals surface area contributed by atoms with E-state index >= 15 is 0 Å². The highest BCUT2D eigenvalue weighted by atomic mass is 32.2. The zero-order valence-corrected chi connectivity index (χ0v) is 12.5. The molecule has 1 heterocycles. The molecule has 0 aliphatic heterocycles. The van der Waals surface area contributed by atoms with Gasteiger partial charge in [0, 0.05) is 0 Å². The van der Waals surface area contributed by atoms with Crippen molar-refractivity contribution in [3.8, 4) is 0 Å². The lowest BCUT2D eigenvalue weighted by molar-refractivity contribution is 0.600. The van der Waals surface area contributed by atoms with Crippen LogP contribution in [0.2, 0.25) is 0 Å². The van der Waals surface area contributed by atoms with E-state index in [2.05, 4.69) is 14.7 Å². The van der Waals surface area contributed by atoms with Gasteiger partial charge in [0.05, 0.1) is 22.5 Å². The van der Waals surface area contributed by atoms with E-state index in [1.54, 1.807) is 18.2 Å². The minimum Gasteiger partial charge on any atom is -0.306 e. The Morgan fingerprint density at radius 2 is 1.68 bits per heavy atom. The summed E-state index contributed by atoms with van der Waals surface area (Å²) in [5.74, 6) is -0.00128. The molecule has 0 saturated heterocycles. The van der Waals surface area contributed by atoms with Crippen LogP contribution in [0, 0.1) is 0 Å². The number of fused-ring (bicyclic) bond motifs is 1. The van der Waals surface area contributed by atoms with Crippen molar-refractivity contribution in [1.29, 1.82) is 0 Å². The Balaban J connectivity index is 1.73. The molecule has 0 atom stereocenters. The second-order valence-corrected chi connectivity index (χ2v) is 6.84. The lowest BCUT2D eigenvalue weighted by atomic mass is 10.2. The number of H-pyrrole nitrogens is 2. The maximum Gasteiger partial charge on any atom is 0.323 e. The van der Waals surface area contributed by atoms with Crippen molar-refractivity contribution < 1.29 is 8.42 Å². The first-order chi connectivity index (χ1) is 10.5. The Labute approximate surface area is 127 Å². The predicted molar refractivity (Wildman–Crippen MR) is 86.5 cm³/mol. The number of anilines is 1. The number of hydrogen-bond donors (Lipinski definition) is 3. The number of imidazole rings is 1. The van der Waals surface area contributed by atoms with E-state index in [9.17, 15) is 13.2 Å². The lowest BCUT2D eigenvalue weighted by Gasteiger charge is -2.08. The molecule has 0 aliphatic carbocycles. The van der Waals surface area contributed by atoms with Crippen LogP contribution in [-0.4, -0.2) is 24.1 Å². The molecule has 0 radical (unpaired) electrons. The molecule has 6 nitrogen and oxygen atoms in total. The summed E-state index contributed by atoms with van der Waals surface area (Å²) < 4.78 is 26.8. The summed E-state index contributed by atoms with van der Waals surface area (Å²) in [4.78, 5) is 16.4. The fourth-order valence-corrected chi connectivity index (χ4v) is 3.32. The molecule has 0 unspecified atom stereocenters. The molecule has 114 valence electrons. The first-order valence-corrected chi connectivity index (χ1v) is 8.43. The molecule has 0 fully saturated rings. The zero-order valence-electron chi connectivity index (χ0n) is 11.7. The van der Waals surface area contributed by atoms with Crippen molar-refractivity contribution in [1.82, 2.24) is 9.97 Å². The van der Waals surface area contributed by atoms with Gasteiger partial charge in [0.2, 0.25) is 10.0 Å². The van der Waals surface area contributed by atoms with Crippen LogP contribution >= 0.6 is 0 Å². The van der Waals surface area contributed by atoms with Gasteiger partial charge < -0.3 is 9.97 Å². The van der Waals surface area contributed by atoms with Crippen LogP contribution in [0.5, 0.6) is 0 Å². The monoisotopic (exact) mass is 317 g/mol. The fourth-order valence-electron chi connectivity index (χ4n) is 2.22. The average molecular weight is 317 g/mol. The van der Waals surface area contributed by atoms with Gasteiger partial charge in [0.15, 0.2) is 0 Å². The second kappa shape index (κ2) is 5.69. The Hall–Kier alpha value is -2.54. The molecule has 7 heteroatoms. The molecule has 22 heavy (non-hydrogen) atoms. The summed E-state index contributed by atoms with van der Waals surface area (Å²) in [6, 6.07) is 14.3. The molecular formula is C15H15N3O3S. The molecule has 3 aromatic rings. The van der Waals surface area contributed by atoms with Crippen LogP contribution in [0.3, 0.4) is 0 Å². The van der Waals surface area contributed by atoms with E-state index < -0.39 is 10.0 Å². The summed E-state index contributed by atoms with van der Waals surface area (Å²) in [6.45, 7) is 0. The number of aryl methyl sites for hydroxylation is 1. The van der Waals surface area contributed by atoms with E-state index in [0.29, 0.717) is 23.1 Å². The van der Waals surface area contributed by atoms with E-state index in [-0.39, 0.29) is 11.4 Å². The van der Waals surface area contributed by atoms with E-state index in [4.69, 9.17) is 0 Å². The summed E-state index contributed by atoms with van der Waals surface area (Å²) >= 11 is 0. The van der Waals surface area contributed by atoms with Crippen molar-refractivity contribution in [2.45, 2.75) is 6.42 Å². The standard InChI is InChI=1S/C15H15N3O3S/c19-15-16-13-7-6-12(10-14(13)17-15)18-22(20,21)9-8-11-4-2-1-3-5-11/h1-7,10,18H,8-9H2,(H2,16,17,19). The van der Waals surface area contributed by atoms with Crippen molar-refractivity contribution in [3.05, 3.63) is 64.6 Å². The van der Waals surface area contributed by atoms with Crippen LogP contribution in [-0.2, 0) is 16.4 Å². The van der Waals surface area contributed by atoms with Gasteiger partial charge in [-0.25, -0.2) is 13.2 Å². The SMILES string of the molecule is O=c1[nH]c2ccc(NS(=O)(=O)CCc3ccccc3)cc2[nH]1. The maximum absolute atomic E-state index is 12.1. The van der Waals surface area contributed by atoms with Gasteiger partial charge in [-0.3, -0.25) is 4.72 Å². The van der Waals surface area contributed by atoms with Gasteiger partial charge in [0.25, 0.3) is 0 Å². The molecule has 0 spiro atoms. The molecule has 3 rings (SSSR count). The molecule has 0 bridgehead atoms. The first-order valence-electron chi connectivity index (χ1n) is 6.78. The topological polar surface area (TPSA) is 94.8 Å². The molecule has 3 N–H and O–H groups in total. The van der Waals surface area contributed by atoms with Crippen molar-refractivity contribution in [2.75, 3.05) is 10.5 Å². The number of benzene rings is 2. The molecular weight excluding hydrogens is 302 g/mol. The number of sulfonamides is 1. The zero-order chi connectivity index (χ0) is 15.6. The molecule has 0 saturated carbocycles. The Kier molecular flexibility index (Phi) is 3.72. The highest BCUT2D eigenvalue weighted by Crippen LogP contribution is 2.16. The minimum absolute atomic E-state index is 0.00128. The van der Waals surface area contributed by atoms with Gasteiger partial charge >= 0.3 is 5.69 Å². The maximum atomic E-state index is 12.1. The lowest BCUT2D eigenvalue weighted by Crippen LogP contribution is -2.18. The van der Waals surface area contributed by atoms with Gasteiger partial charge in [0.1, 0.15) is 0 Å². The Morgan fingerprint density at radius 3 is 2.45 bits per heavy atom. The normalized spacial score (nSPS) is 11.6. The van der Waals surface area contributed by atoms with Crippen LogP contribution in [0.15, 0.2) is 53.3 Å². The van der Waals surface area contributed by atoms with Crippen LogP contribution in [0.1, 0.15) is 5.56 Å². The quantitative estimate of drug-likeness (QED) is 0.670. The summed E-state index contributed by atoms with van der Waals surface area (Å²) in [5.41, 5.74) is 2.28. The van der Waals surface area contributed by atoms with E-state index in [0.717, 1.165) is 5.56 Å². The van der Waals surface area contributed by atoms with Crippen LogP contribution in [0.25, 0.3) is 11.0 Å². The van der Waals surface area contributed by atoms with E-state index in [1.165, 1.54) is 0 Å². The van der Waals surface area contributed by atoms with Crippen molar-refractivity contribution >= 4 is 26.7 Å². The average Bonchev–Trinajstić information content (AvgIpc) is 2.85. The highest BCUT2D eigenvalue weighted by Gasteiger charge is 2.11. The third kappa shape index (κ3) is 3.37. The van der Waals surface area contributed by atoms with Crippen LogP contribution in [0.4, 0.5) is 5.69 Å². The smallest absolute Gasteiger partial charge is 0.306 e. The number of nitrogens with one attached hydrogen (secondary N) is 3. The Bertz CT molecular complexity index is 943. The largest absolute Gasteiger partial charge is 0.323 e. The number of aromatic nitrogens is 2. The van der Waals surface area contributed by atoms with Gasteiger partial charge in [-0.15, -0.1) is 0 Å². The van der Waals surface area contributed by atoms with E-state index in [1.807, 2.05) is 30.3 Å². The van der Waals surface area contributed by atoms with Gasteiger partial charge in [-0.2, -0.15) is 0 Å².